The molecule has 2 aromatic rings. The lowest BCUT2D eigenvalue weighted by Crippen LogP contribution is -2.20. The van der Waals surface area contributed by atoms with Gasteiger partial charge in [0, 0.05) is 38.7 Å². The summed E-state index contributed by atoms with van der Waals surface area (Å²) < 4.78 is 1.89. The molecule has 1 fully saturated rings. The lowest BCUT2D eigenvalue weighted by molar-refractivity contribution is 0.316. The van der Waals surface area contributed by atoms with Crippen LogP contribution >= 0.6 is 0 Å². The van der Waals surface area contributed by atoms with E-state index in [1.165, 1.54) is 30.6 Å². The molecule has 1 aliphatic rings. The summed E-state index contributed by atoms with van der Waals surface area (Å²) in [6.45, 7) is 3.44. The first-order valence-electron chi connectivity index (χ1n) is 6.88. The van der Waals surface area contributed by atoms with Crippen molar-refractivity contribution >= 4 is 0 Å². The molecule has 0 saturated carbocycles. The van der Waals surface area contributed by atoms with Gasteiger partial charge in [-0.25, -0.2) is 0 Å². The third-order valence-electron chi connectivity index (χ3n) is 3.81. The molecule has 3 heterocycles. The van der Waals surface area contributed by atoms with Crippen molar-refractivity contribution in [2.45, 2.75) is 19.4 Å². The van der Waals surface area contributed by atoms with E-state index < -0.39 is 0 Å². The molecule has 1 atom stereocenters. The highest BCUT2D eigenvalue weighted by atomic mass is 15.2. The van der Waals surface area contributed by atoms with E-state index >= 15 is 0 Å². The van der Waals surface area contributed by atoms with Gasteiger partial charge in [-0.1, -0.05) is 0 Å². The SMILES string of the molecule is Cn1cc(C[C@@H]2CCN(Cc3ccncc3)C2)cn1. The minimum atomic E-state index is 0.769. The van der Waals surface area contributed by atoms with Gasteiger partial charge >= 0.3 is 0 Å². The van der Waals surface area contributed by atoms with Gasteiger partial charge < -0.3 is 0 Å². The minimum Gasteiger partial charge on any atom is -0.299 e. The van der Waals surface area contributed by atoms with Crippen molar-refractivity contribution in [1.82, 2.24) is 19.7 Å². The van der Waals surface area contributed by atoms with Crippen LogP contribution in [0.3, 0.4) is 0 Å². The predicted molar refractivity (Wildman–Crippen MR) is 74.5 cm³/mol. The maximum absolute atomic E-state index is 4.24. The third-order valence-corrected chi connectivity index (χ3v) is 3.81. The van der Waals surface area contributed by atoms with Crippen LogP contribution in [0, 0.1) is 5.92 Å². The van der Waals surface area contributed by atoms with Crippen molar-refractivity contribution in [3.05, 3.63) is 48.0 Å². The van der Waals surface area contributed by atoms with Crippen LogP contribution < -0.4 is 0 Å². The highest BCUT2D eigenvalue weighted by Crippen LogP contribution is 2.22. The lowest BCUT2D eigenvalue weighted by atomic mass is 10.0. The topological polar surface area (TPSA) is 34.0 Å². The van der Waals surface area contributed by atoms with Crippen LogP contribution in [-0.2, 0) is 20.0 Å². The maximum Gasteiger partial charge on any atom is 0.0521 e. The fourth-order valence-electron chi connectivity index (χ4n) is 2.88. The Kier molecular flexibility index (Phi) is 3.60. The van der Waals surface area contributed by atoms with Crippen molar-refractivity contribution < 1.29 is 0 Å². The summed E-state index contributed by atoms with van der Waals surface area (Å²) >= 11 is 0. The Labute approximate surface area is 114 Å². The van der Waals surface area contributed by atoms with E-state index in [-0.39, 0.29) is 0 Å². The predicted octanol–water partition coefficient (Wildman–Crippen LogP) is 1.88. The van der Waals surface area contributed by atoms with Crippen molar-refractivity contribution in [3.63, 3.8) is 0 Å². The molecule has 4 heteroatoms. The van der Waals surface area contributed by atoms with Crippen LogP contribution in [-0.4, -0.2) is 32.8 Å². The molecule has 100 valence electrons. The van der Waals surface area contributed by atoms with E-state index in [4.69, 9.17) is 0 Å². The van der Waals surface area contributed by atoms with Gasteiger partial charge in [0.1, 0.15) is 0 Å². The Hall–Kier alpha value is -1.68. The zero-order valence-corrected chi connectivity index (χ0v) is 11.4. The Morgan fingerprint density at radius 2 is 2.11 bits per heavy atom. The molecule has 4 nitrogen and oxygen atoms in total. The number of aryl methyl sites for hydroxylation is 1. The van der Waals surface area contributed by atoms with Crippen LogP contribution in [0.2, 0.25) is 0 Å². The number of hydrogen-bond acceptors (Lipinski definition) is 3. The van der Waals surface area contributed by atoms with Gasteiger partial charge in [0.2, 0.25) is 0 Å². The molecular formula is C15H20N4. The quantitative estimate of drug-likeness (QED) is 0.837. The molecule has 0 radical (unpaired) electrons. The average Bonchev–Trinajstić information content (AvgIpc) is 3.01. The first-order valence-corrected chi connectivity index (χ1v) is 6.88. The van der Waals surface area contributed by atoms with E-state index in [9.17, 15) is 0 Å². The Balaban J connectivity index is 1.53. The Morgan fingerprint density at radius 1 is 1.26 bits per heavy atom. The number of aromatic nitrogens is 3. The molecule has 2 aromatic heterocycles. The largest absolute Gasteiger partial charge is 0.299 e. The Bertz CT molecular complexity index is 520. The molecule has 1 saturated heterocycles. The van der Waals surface area contributed by atoms with E-state index in [0.29, 0.717) is 0 Å². The van der Waals surface area contributed by atoms with Gasteiger partial charge in [-0.3, -0.25) is 14.6 Å². The standard InChI is InChI=1S/C15H20N4/c1-18-10-15(9-17-18)8-14-4-7-19(12-14)11-13-2-5-16-6-3-13/h2-3,5-6,9-10,14H,4,7-8,11-12H2,1H3/t14-/m0/s1. The monoisotopic (exact) mass is 256 g/mol. The zero-order valence-electron chi connectivity index (χ0n) is 11.4. The van der Waals surface area contributed by atoms with Crippen molar-refractivity contribution in [2.75, 3.05) is 13.1 Å². The van der Waals surface area contributed by atoms with E-state index in [1.807, 2.05) is 30.3 Å². The first kappa shape index (κ1) is 12.4. The molecule has 0 spiro atoms. The van der Waals surface area contributed by atoms with Gasteiger partial charge in [-0.05, 0) is 48.6 Å². The van der Waals surface area contributed by atoms with Gasteiger partial charge in [-0.2, -0.15) is 5.10 Å². The number of hydrogen-bond donors (Lipinski definition) is 0. The summed E-state index contributed by atoms with van der Waals surface area (Å²) in [5.41, 5.74) is 2.72. The fraction of sp³-hybridized carbons (Fsp3) is 0.467. The third kappa shape index (κ3) is 3.20. The van der Waals surface area contributed by atoms with Crippen molar-refractivity contribution in [2.24, 2.45) is 13.0 Å². The Morgan fingerprint density at radius 3 is 2.84 bits per heavy atom. The highest BCUT2D eigenvalue weighted by molar-refractivity contribution is 5.10. The van der Waals surface area contributed by atoms with Crippen LogP contribution in [0.5, 0.6) is 0 Å². The molecule has 0 amide bonds. The normalized spacial score (nSPS) is 19.9. The smallest absolute Gasteiger partial charge is 0.0521 e. The second-order valence-corrected chi connectivity index (χ2v) is 5.47. The molecule has 19 heavy (non-hydrogen) atoms. The van der Waals surface area contributed by atoms with Gasteiger partial charge in [0.15, 0.2) is 0 Å². The lowest BCUT2D eigenvalue weighted by Gasteiger charge is -2.15. The van der Waals surface area contributed by atoms with Crippen LogP contribution in [0.15, 0.2) is 36.9 Å². The van der Waals surface area contributed by atoms with Crippen molar-refractivity contribution in [1.29, 1.82) is 0 Å². The van der Waals surface area contributed by atoms with Crippen LogP contribution in [0.25, 0.3) is 0 Å². The summed E-state index contributed by atoms with van der Waals surface area (Å²) in [6, 6.07) is 4.21. The molecule has 0 N–H and O–H groups in total. The molecule has 0 aliphatic carbocycles. The first-order chi connectivity index (χ1) is 9.29. The summed E-state index contributed by atoms with van der Waals surface area (Å²) in [6.07, 6.45) is 10.3. The molecule has 1 aliphatic heterocycles. The van der Waals surface area contributed by atoms with Crippen molar-refractivity contribution in [3.8, 4) is 0 Å². The minimum absolute atomic E-state index is 0.769. The van der Waals surface area contributed by atoms with E-state index in [2.05, 4.69) is 33.3 Å². The number of pyridine rings is 1. The maximum atomic E-state index is 4.24. The van der Waals surface area contributed by atoms with E-state index in [1.54, 1.807) is 0 Å². The summed E-state index contributed by atoms with van der Waals surface area (Å²) in [7, 11) is 1.98. The summed E-state index contributed by atoms with van der Waals surface area (Å²) in [4.78, 5) is 6.60. The molecule has 0 unspecified atom stereocenters. The highest BCUT2D eigenvalue weighted by Gasteiger charge is 2.22. The summed E-state index contributed by atoms with van der Waals surface area (Å²) in [5, 5.41) is 4.24. The second-order valence-electron chi connectivity index (χ2n) is 5.47. The van der Waals surface area contributed by atoms with Gasteiger partial charge in [0.05, 0.1) is 6.20 Å². The number of rotatable bonds is 4. The van der Waals surface area contributed by atoms with Gasteiger partial charge in [0.25, 0.3) is 0 Å². The fourth-order valence-corrected chi connectivity index (χ4v) is 2.88. The van der Waals surface area contributed by atoms with Crippen LogP contribution in [0.4, 0.5) is 0 Å². The molecule has 3 rings (SSSR count). The molecule has 0 aromatic carbocycles. The average molecular weight is 256 g/mol. The summed E-state index contributed by atoms with van der Waals surface area (Å²) in [5.74, 6) is 0.769. The zero-order chi connectivity index (χ0) is 13.1. The van der Waals surface area contributed by atoms with Gasteiger partial charge in [-0.15, -0.1) is 0 Å². The number of likely N-dealkylation sites (tertiary alicyclic amines) is 1. The molecular weight excluding hydrogens is 236 g/mol. The number of nitrogens with zero attached hydrogens (tertiary/aromatic N) is 4. The van der Waals surface area contributed by atoms with Crippen LogP contribution in [0.1, 0.15) is 17.5 Å². The molecule has 0 bridgehead atoms. The van der Waals surface area contributed by atoms with E-state index in [0.717, 1.165) is 18.9 Å². The second kappa shape index (κ2) is 5.53.